The number of rotatable bonds is 5. The molecule has 6 nitrogen and oxygen atoms in total. The zero-order valence-corrected chi connectivity index (χ0v) is 17.6. The number of H-pyrrole nitrogens is 1. The zero-order valence-electron chi connectivity index (χ0n) is 17.6. The van der Waals surface area contributed by atoms with Gasteiger partial charge in [0, 0.05) is 31.6 Å². The summed E-state index contributed by atoms with van der Waals surface area (Å²) < 4.78 is 49.3. The van der Waals surface area contributed by atoms with Gasteiger partial charge in [0.2, 0.25) is 0 Å². The minimum atomic E-state index is -4.41. The largest absolute Gasteiger partial charge is 0.496 e. The molecule has 1 aliphatic rings. The molecule has 3 aromatic rings. The van der Waals surface area contributed by atoms with E-state index < -0.39 is 11.7 Å². The van der Waals surface area contributed by atoms with Gasteiger partial charge in [-0.3, -0.25) is 9.69 Å². The molecule has 0 atom stereocenters. The van der Waals surface area contributed by atoms with Crippen molar-refractivity contribution >= 4 is 0 Å². The molecule has 0 radical (unpaired) electrons. The van der Waals surface area contributed by atoms with Gasteiger partial charge >= 0.3 is 6.18 Å². The molecule has 0 spiro atoms. The highest BCUT2D eigenvalue weighted by Gasteiger charge is 2.30. The lowest BCUT2D eigenvalue weighted by molar-refractivity contribution is -0.137. The summed E-state index contributed by atoms with van der Waals surface area (Å²) in [5.41, 5.74) is 1.50. The number of hydrogen-bond acceptors (Lipinski definition) is 5. The number of aromatic nitrogens is 2. The highest BCUT2D eigenvalue weighted by molar-refractivity contribution is 5.56. The SMILES string of the molecule is COc1cccc(OC)c1CN1CCc2nc(-c3ccc(C(F)(F)F)cc3)[nH]c(=O)c2C1. The van der Waals surface area contributed by atoms with E-state index >= 15 is 0 Å². The summed E-state index contributed by atoms with van der Waals surface area (Å²) in [6, 6.07) is 10.2. The van der Waals surface area contributed by atoms with Gasteiger partial charge in [-0.25, -0.2) is 4.98 Å². The molecule has 1 aliphatic heterocycles. The molecule has 0 bridgehead atoms. The van der Waals surface area contributed by atoms with Crippen LogP contribution in [0.15, 0.2) is 47.3 Å². The molecule has 2 heterocycles. The average Bonchev–Trinajstić information content (AvgIpc) is 2.79. The fraction of sp³-hybridized carbons (Fsp3) is 0.304. The number of ether oxygens (including phenoxy) is 2. The van der Waals surface area contributed by atoms with Gasteiger partial charge in [0.05, 0.1) is 36.6 Å². The van der Waals surface area contributed by atoms with Crippen molar-refractivity contribution in [1.29, 1.82) is 0 Å². The van der Waals surface area contributed by atoms with E-state index in [4.69, 9.17) is 9.47 Å². The van der Waals surface area contributed by atoms with Crippen molar-refractivity contribution in [2.75, 3.05) is 20.8 Å². The van der Waals surface area contributed by atoms with Crippen LogP contribution in [0.5, 0.6) is 11.5 Å². The lowest BCUT2D eigenvalue weighted by Gasteiger charge is -2.28. The minimum Gasteiger partial charge on any atom is -0.496 e. The lowest BCUT2D eigenvalue weighted by Crippen LogP contribution is -2.35. The number of aromatic amines is 1. The van der Waals surface area contributed by atoms with E-state index in [-0.39, 0.29) is 11.4 Å². The van der Waals surface area contributed by atoms with E-state index in [1.165, 1.54) is 12.1 Å². The third-order valence-corrected chi connectivity index (χ3v) is 5.54. The van der Waals surface area contributed by atoms with Gasteiger partial charge in [-0.15, -0.1) is 0 Å². The number of hydrogen-bond donors (Lipinski definition) is 1. The van der Waals surface area contributed by atoms with Crippen LogP contribution in [0.1, 0.15) is 22.4 Å². The van der Waals surface area contributed by atoms with Crippen LogP contribution in [-0.4, -0.2) is 35.6 Å². The van der Waals surface area contributed by atoms with Crippen molar-refractivity contribution in [2.45, 2.75) is 25.7 Å². The molecule has 0 saturated carbocycles. The summed E-state index contributed by atoms with van der Waals surface area (Å²) in [7, 11) is 3.20. The Bertz CT molecular complexity index is 1150. The summed E-state index contributed by atoms with van der Waals surface area (Å²) in [5.74, 6) is 1.68. The highest BCUT2D eigenvalue weighted by Crippen LogP contribution is 2.32. The van der Waals surface area contributed by atoms with Gasteiger partial charge in [-0.1, -0.05) is 18.2 Å². The predicted octanol–water partition coefficient (Wildman–Crippen LogP) is 4.03. The maximum atomic E-state index is 12.8. The van der Waals surface area contributed by atoms with E-state index in [1.54, 1.807) is 14.2 Å². The molecule has 168 valence electrons. The molecular formula is C23H22F3N3O3. The molecule has 4 rings (SSSR count). The van der Waals surface area contributed by atoms with Crippen LogP contribution >= 0.6 is 0 Å². The van der Waals surface area contributed by atoms with Crippen molar-refractivity contribution in [2.24, 2.45) is 0 Å². The monoisotopic (exact) mass is 445 g/mol. The van der Waals surface area contributed by atoms with E-state index in [1.807, 2.05) is 18.2 Å². The number of halogens is 3. The highest BCUT2D eigenvalue weighted by atomic mass is 19.4. The molecule has 0 aliphatic carbocycles. The van der Waals surface area contributed by atoms with Crippen LogP contribution < -0.4 is 15.0 Å². The number of fused-ring (bicyclic) bond motifs is 1. The van der Waals surface area contributed by atoms with Gasteiger partial charge in [0.25, 0.3) is 5.56 Å². The first-order chi connectivity index (χ1) is 15.3. The van der Waals surface area contributed by atoms with Crippen molar-refractivity contribution < 1.29 is 22.6 Å². The number of nitrogens with zero attached hydrogens (tertiary/aromatic N) is 2. The maximum Gasteiger partial charge on any atom is 0.416 e. The van der Waals surface area contributed by atoms with Crippen LogP contribution in [0.3, 0.4) is 0 Å². The van der Waals surface area contributed by atoms with Crippen molar-refractivity contribution in [3.8, 4) is 22.9 Å². The Kier molecular flexibility index (Phi) is 5.92. The third kappa shape index (κ3) is 4.34. The molecule has 0 unspecified atom stereocenters. The quantitative estimate of drug-likeness (QED) is 0.642. The summed E-state index contributed by atoms with van der Waals surface area (Å²) in [4.78, 5) is 22.1. The minimum absolute atomic E-state index is 0.266. The zero-order chi connectivity index (χ0) is 22.9. The Morgan fingerprint density at radius 3 is 2.31 bits per heavy atom. The molecule has 0 saturated heterocycles. The molecule has 0 fully saturated rings. The summed E-state index contributed by atoms with van der Waals surface area (Å²) in [6.45, 7) is 1.59. The van der Waals surface area contributed by atoms with Crippen LogP contribution in [0.4, 0.5) is 13.2 Å². The molecule has 1 N–H and O–H groups in total. The van der Waals surface area contributed by atoms with Crippen LogP contribution in [-0.2, 0) is 25.7 Å². The second kappa shape index (κ2) is 8.66. The van der Waals surface area contributed by atoms with E-state index in [9.17, 15) is 18.0 Å². The third-order valence-electron chi connectivity index (χ3n) is 5.54. The van der Waals surface area contributed by atoms with Crippen LogP contribution in [0, 0.1) is 0 Å². The molecule has 1 aromatic heterocycles. The van der Waals surface area contributed by atoms with Crippen molar-refractivity contribution in [3.05, 3.63) is 75.2 Å². The van der Waals surface area contributed by atoms with Gasteiger partial charge in [-0.2, -0.15) is 13.2 Å². The summed E-state index contributed by atoms with van der Waals surface area (Å²) in [6.07, 6.45) is -3.87. The first-order valence-electron chi connectivity index (χ1n) is 10.0. The fourth-order valence-corrected chi connectivity index (χ4v) is 3.88. The summed E-state index contributed by atoms with van der Waals surface area (Å²) >= 11 is 0. The number of methoxy groups -OCH3 is 2. The second-order valence-electron chi connectivity index (χ2n) is 7.52. The Morgan fingerprint density at radius 2 is 1.72 bits per heavy atom. The fourth-order valence-electron chi connectivity index (χ4n) is 3.88. The Morgan fingerprint density at radius 1 is 1.06 bits per heavy atom. The number of alkyl halides is 3. The van der Waals surface area contributed by atoms with Gasteiger partial charge in [0.1, 0.15) is 17.3 Å². The Hall–Kier alpha value is -3.33. The molecule has 9 heteroatoms. The smallest absolute Gasteiger partial charge is 0.416 e. The molecule has 32 heavy (non-hydrogen) atoms. The number of nitrogens with one attached hydrogen (secondary N) is 1. The first kappa shape index (κ1) is 21.9. The van der Waals surface area contributed by atoms with Crippen molar-refractivity contribution in [3.63, 3.8) is 0 Å². The van der Waals surface area contributed by atoms with Gasteiger partial charge in [-0.05, 0) is 24.3 Å². The average molecular weight is 445 g/mol. The van der Waals surface area contributed by atoms with Gasteiger partial charge in [0.15, 0.2) is 0 Å². The Labute approximate surface area is 182 Å². The Balaban J connectivity index is 1.58. The maximum absolute atomic E-state index is 12.8. The topological polar surface area (TPSA) is 67.5 Å². The second-order valence-corrected chi connectivity index (χ2v) is 7.52. The first-order valence-corrected chi connectivity index (χ1v) is 10.0. The normalized spacial score (nSPS) is 14.2. The molecular weight excluding hydrogens is 423 g/mol. The number of benzene rings is 2. The standard InChI is InChI=1S/C23H22F3N3O3/c1-31-19-4-3-5-20(32-2)17(19)13-29-11-10-18-16(12-29)22(30)28-21(27-18)14-6-8-15(9-7-14)23(24,25)26/h3-9H,10-13H2,1-2H3,(H,27,28,30). The van der Waals surface area contributed by atoms with Crippen LogP contribution in [0.2, 0.25) is 0 Å². The van der Waals surface area contributed by atoms with E-state index in [2.05, 4.69) is 14.9 Å². The summed E-state index contributed by atoms with van der Waals surface area (Å²) in [5, 5.41) is 0. The molecule has 0 amide bonds. The molecule has 2 aromatic carbocycles. The van der Waals surface area contributed by atoms with Crippen LogP contribution in [0.25, 0.3) is 11.4 Å². The van der Waals surface area contributed by atoms with Crippen molar-refractivity contribution in [1.82, 2.24) is 14.9 Å². The van der Waals surface area contributed by atoms with E-state index in [0.29, 0.717) is 54.4 Å². The predicted molar refractivity (Wildman–Crippen MR) is 113 cm³/mol. The lowest BCUT2D eigenvalue weighted by atomic mass is 10.0. The van der Waals surface area contributed by atoms with E-state index in [0.717, 1.165) is 17.7 Å². The van der Waals surface area contributed by atoms with Gasteiger partial charge < -0.3 is 14.5 Å².